The van der Waals surface area contributed by atoms with Gasteiger partial charge in [-0.3, -0.25) is 10.1 Å². The Kier molecular flexibility index (Phi) is 3.65. The molecule has 7 heteroatoms. The van der Waals surface area contributed by atoms with Crippen molar-refractivity contribution in [3.05, 3.63) is 38.4 Å². The zero-order valence-electron chi connectivity index (χ0n) is 10.0. The van der Waals surface area contributed by atoms with Crippen LogP contribution in [-0.4, -0.2) is 29.1 Å². The number of aryl methyl sites for hydroxylation is 1. The first-order valence-corrected chi connectivity index (χ1v) is 4.91. The number of rotatable bonds is 3. The second kappa shape index (κ2) is 4.82. The van der Waals surface area contributed by atoms with Crippen molar-refractivity contribution < 1.29 is 24.4 Å². The summed E-state index contributed by atoms with van der Waals surface area (Å²) in [5, 5.41) is 19.9. The number of carboxylic acid groups (broad SMARTS) is 1. The first-order chi connectivity index (χ1) is 8.31. The van der Waals surface area contributed by atoms with E-state index in [-0.39, 0.29) is 22.3 Å². The van der Waals surface area contributed by atoms with E-state index in [1.54, 1.807) is 0 Å². The van der Waals surface area contributed by atoms with Crippen LogP contribution in [0, 0.1) is 24.0 Å². The van der Waals surface area contributed by atoms with Crippen LogP contribution in [0.5, 0.6) is 0 Å². The van der Waals surface area contributed by atoms with E-state index in [9.17, 15) is 19.7 Å². The average molecular weight is 253 g/mol. The number of benzene rings is 1. The van der Waals surface area contributed by atoms with Crippen LogP contribution in [0.1, 0.15) is 31.8 Å². The Morgan fingerprint density at radius 2 is 1.94 bits per heavy atom. The lowest BCUT2D eigenvalue weighted by Gasteiger charge is -2.09. The minimum atomic E-state index is -1.28. The molecule has 7 nitrogen and oxygen atoms in total. The van der Waals surface area contributed by atoms with Crippen LogP contribution in [0.3, 0.4) is 0 Å². The Morgan fingerprint density at radius 3 is 2.33 bits per heavy atom. The Balaban J connectivity index is 3.74. The molecule has 0 radical (unpaired) electrons. The smallest absolute Gasteiger partial charge is 0.345 e. The first kappa shape index (κ1) is 13.6. The number of carbonyl (C=O) groups is 2. The molecule has 1 N–H and O–H groups in total. The highest BCUT2D eigenvalue weighted by molar-refractivity contribution is 6.00. The molecule has 0 heterocycles. The highest BCUT2D eigenvalue weighted by atomic mass is 16.6. The van der Waals surface area contributed by atoms with E-state index in [2.05, 4.69) is 4.74 Å². The van der Waals surface area contributed by atoms with Crippen molar-refractivity contribution in [3.63, 3.8) is 0 Å². The van der Waals surface area contributed by atoms with Crippen LogP contribution >= 0.6 is 0 Å². The lowest BCUT2D eigenvalue weighted by atomic mass is 9.97. The van der Waals surface area contributed by atoms with E-state index >= 15 is 0 Å². The number of aromatic carboxylic acids is 1. The molecule has 0 bridgehead atoms. The van der Waals surface area contributed by atoms with Gasteiger partial charge in [-0.2, -0.15) is 0 Å². The van der Waals surface area contributed by atoms with Crippen molar-refractivity contribution in [2.45, 2.75) is 13.8 Å². The van der Waals surface area contributed by atoms with Crippen molar-refractivity contribution in [1.82, 2.24) is 0 Å². The maximum absolute atomic E-state index is 11.5. The molecule has 0 saturated carbocycles. The third-order valence-corrected chi connectivity index (χ3v) is 2.55. The Hall–Kier alpha value is -2.44. The molecule has 0 fully saturated rings. The van der Waals surface area contributed by atoms with Crippen LogP contribution < -0.4 is 0 Å². The summed E-state index contributed by atoms with van der Waals surface area (Å²) < 4.78 is 4.47. The Bertz CT molecular complexity index is 549. The highest BCUT2D eigenvalue weighted by Gasteiger charge is 2.29. The quantitative estimate of drug-likeness (QED) is 0.499. The fourth-order valence-electron chi connectivity index (χ4n) is 1.71. The van der Waals surface area contributed by atoms with Gasteiger partial charge < -0.3 is 9.84 Å². The number of carboxylic acids is 1. The highest BCUT2D eigenvalue weighted by Crippen LogP contribution is 2.30. The van der Waals surface area contributed by atoms with E-state index < -0.39 is 22.5 Å². The van der Waals surface area contributed by atoms with Gasteiger partial charge in [-0.05, 0) is 25.5 Å². The number of ether oxygens (including phenoxy) is 1. The minimum absolute atomic E-state index is 0.0708. The van der Waals surface area contributed by atoms with Crippen molar-refractivity contribution in [3.8, 4) is 0 Å². The number of methoxy groups -OCH3 is 1. The number of carbonyl (C=O) groups excluding carboxylic acids is 1. The van der Waals surface area contributed by atoms with Gasteiger partial charge in [0.25, 0.3) is 5.69 Å². The van der Waals surface area contributed by atoms with E-state index in [1.165, 1.54) is 19.9 Å². The van der Waals surface area contributed by atoms with Crippen molar-refractivity contribution in [2.75, 3.05) is 7.11 Å². The van der Waals surface area contributed by atoms with Crippen molar-refractivity contribution in [1.29, 1.82) is 0 Å². The molecule has 0 saturated heterocycles. The van der Waals surface area contributed by atoms with Crippen molar-refractivity contribution >= 4 is 17.6 Å². The van der Waals surface area contributed by atoms with Crippen LogP contribution in [0.25, 0.3) is 0 Å². The zero-order valence-corrected chi connectivity index (χ0v) is 10.0. The monoisotopic (exact) mass is 253 g/mol. The Morgan fingerprint density at radius 1 is 1.39 bits per heavy atom. The zero-order chi connectivity index (χ0) is 14.0. The molecule has 0 amide bonds. The van der Waals surface area contributed by atoms with Gasteiger partial charge in [0.1, 0.15) is 5.56 Å². The third kappa shape index (κ3) is 2.15. The fourth-order valence-corrected chi connectivity index (χ4v) is 1.71. The molecule has 0 aliphatic heterocycles. The van der Waals surface area contributed by atoms with Crippen LogP contribution in [-0.2, 0) is 4.74 Å². The molecule has 1 rings (SSSR count). The maximum Gasteiger partial charge on any atom is 0.345 e. The number of nitro benzene ring substituents is 1. The number of nitrogens with zero attached hydrogens (tertiary/aromatic N) is 1. The number of hydrogen-bond donors (Lipinski definition) is 1. The molecule has 0 aliphatic carbocycles. The lowest BCUT2D eigenvalue weighted by molar-refractivity contribution is -0.385. The summed E-state index contributed by atoms with van der Waals surface area (Å²) in [4.78, 5) is 32.7. The molecule has 1 aromatic carbocycles. The van der Waals surface area contributed by atoms with Crippen LogP contribution in [0.2, 0.25) is 0 Å². The fraction of sp³-hybridized carbons (Fsp3) is 0.273. The molecule has 0 aromatic heterocycles. The SMILES string of the molecule is COC(=O)c1c(C)cc(C(=O)O)c(C)c1[N+](=O)[O-]. The van der Waals surface area contributed by atoms with Gasteiger partial charge in [0, 0.05) is 5.56 Å². The summed E-state index contributed by atoms with van der Waals surface area (Å²) in [5.74, 6) is -2.14. The minimum Gasteiger partial charge on any atom is -0.478 e. The van der Waals surface area contributed by atoms with Gasteiger partial charge in [-0.15, -0.1) is 0 Å². The van der Waals surface area contributed by atoms with Crippen LogP contribution in [0.15, 0.2) is 6.07 Å². The largest absolute Gasteiger partial charge is 0.478 e. The van der Waals surface area contributed by atoms with Gasteiger partial charge in [-0.1, -0.05) is 0 Å². The second-order valence-corrected chi connectivity index (χ2v) is 3.64. The maximum atomic E-state index is 11.5. The van der Waals surface area contributed by atoms with E-state index in [0.29, 0.717) is 0 Å². The molecule has 0 aliphatic rings. The molecule has 18 heavy (non-hydrogen) atoms. The second-order valence-electron chi connectivity index (χ2n) is 3.64. The first-order valence-electron chi connectivity index (χ1n) is 4.91. The molecule has 0 spiro atoms. The summed E-state index contributed by atoms with van der Waals surface area (Å²) in [6.45, 7) is 2.71. The summed E-state index contributed by atoms with van der Waals surface area (Å²) in [6.07, 6.45) is 0. The number of hydrogen-bond acceptors (Lipinski definition) is 5. The summed E-state index contributed by atoms with van der Waals surface area (Å²) in [5.41, 5.74) is -0.828. The predicted molar refractivity (Wildman–Crippen MR) is 60.9 cm³/mol. The van der Waals surface area contributed by atoms with E-state index in [4.69, 9.17) is 5.11 Å². The topological polar surface area (TPSA) is 107 Å². The third-order valence-electron chi connectivity index (χ3n) is 2.55. The summed E-state index contributed by atoms with van der Waals surface area (Å²) >= 11 is 0. The normalized spacial score (nSPS) is 9.94. The molecule has 96 valence electrons. The van der Waals surface area contributed by atoms with E-state index in [1.807, 2.05) is 0 Å². The van der Waals surface area contributed by atoms with Gasteiger partial charge in [0.05, 0.1) is 17.6 Å². The van der Waals surface area contributed by atoms with E-state index in [0.717, 1.165) is 7.11 Å². The standard InChI is InChI=1S/C11H11NO6/c1-5-4-7(10(13)14)6(2)9(12(16)17)8(5)11(15)18-3/h4H,1-3H3,(H,13,14). The molecule has 0 unspecified atom stereocenters. The number of esters is 1. The molecular weight excluding hydrogens is 242 g/mol. The average Bonchev–Trinajstić information content (AvgIpc) is 2.29. The Labute approximate surface area is 102 Å². The molecule has 1 aromatic rings. The van der Waals surface area contributed by atoms with Gasteiger partial charge in [0.15, 0.2) is 0 Å². The van der Waals surface area contributed by atoms with Gasteiger partial charge >= 0.3 is 11.9 Å². The summed E-state index contributed by atoms with van der Waals surface area (Å²) in [7, 11) is 1.10. The molecular formula is C11H11NO6. The van der Waals surface area contributed by atoms with Crippen LogP contribution in [0.4, 0.5) is 5.69 Å². The van der Waals surface area contributed by atoms with Gasteiger partial charge in [0.2, 0.25) is 0 Å². The van der Waals surface area contributed by atoms with Gasteiger partial charge in [-0.25, -0.2) is 9.59 Å². The van der Waals surface area contributed by atoms with Crippen molar-refractivity contribution in [2.24, 2.45) is 0 Å². The molecule has 0 atom stereocenters. The predicted octanol–water partition coefficient (Wildman–Crippen LogP) is 1.70. The lowest BCUT2D eigenvalue weighted by Crippen LogP contribution is -2.13. The summed E-state index contributed by atoms with van der Waals surface area (Å²) in [6, 6.07) is 1.22. The number of nitro groups is 1.